The first-order valence-electron chi connectivity index (χ1n) is 7.46. The summed E-state index contributed by atoms with van der Waals surface area (Å²) in [5, 5.41) is 6.87. The van der Waals surface area contributed by atoms with Crippen molar-refractivity contribution in [2.24, 2.45) is 0 Å². The van der Waals surface area contributed by atoms with E-state index in [1.54, 1.807) is 12.1 Å². The lowest BCUT2D eigenvalue weighted by molar-refractivity contribution is 0.812. The predicted octanol–water partition coefficient (Wildman–Crippen LogP) is 4.05. The molecule has 0 saturated carbocycles. The van der Waals surface area contributed by atoms with E-state index in [2.05, 4.69) is 29.4 Å². The molecule has 3 nitrogen and oxygen atoms in total. The van der Waals surface area contributed by atoms with E-state index >= 15 is 0 Å². The zero-order valence-electron chi connectivity index (χ0n) is 12.4. The number of benzene rings is 3. The average molecular weight is 298 g/mol. The Kier molecular flexibility index (Phi) is 3.24. The molecular formula is C20H14N2O. The van der Waals surface area contributed by atoms with Crippen LogP contribution in [0, 0.1) is 0 Å². The average Bonchev–Trinajstić information content (AvgIpc) is 2.62. The molecule has 3 heteroatoms. The highest BCUT2D eigenvalue weighted by Gasteiger charge is 2.06. The Bertz CT molecular complexity index is 1040. The molecule has 0 N–H and O–H groups in total. The van der Waals surface area contributed by atoms with E-state index in [4.69, 9.17) is 0 Å². The number of hydrogen-bond donors (Lipinski definition) is 0. The number of rotatable bonds is 2. The van der Waals surface area contributed by atoms with Crippen molar-refractivity contribution in [1.82, 2.24) is 9.78 Å². The second kappa shape index (κ2) is 5.54. The van der Waals surface area contributed by atoms with Crippen LogP contribution in [-0.2, 0) is 0 Å². The first kappa shape index (κ1) is 13.5. The van der Waals surface area contributed by atoms with Gasteiger partial charge in [0.05, 0.1) is 11.4 Å². The van der Waals surface area contributed by atoms with Gasteiger partial charge in [0, 0.05) is 11.6 Å². The van der Waals surface area contributed by atoms with Gasteiger partial charge in [-0.15, -0.1) is 0 Å². The van der Waals surface area contributed by atoms with Gasteiger partial charge in [-0.25, -0.2) is 0 Å². The molecule has 4 rings (SSSR count). The van der Waals surface area contributed by atoms with Crippen LogP contribution in [0.5, 0.6) is 0 Å². The molecule has 0 unspecified atom stereocenters. The summed E-state index contributed by atoms with van der Waals surface area (Å²) in [6, 6.07) is 27.2. The molecule has 0 aliphatic rings. The summed E-state index contributed by atoms with van der Waals surface area (Å²) in [6.07, 6.45) is 0. The number of nitrogens with zero attached hydrogens (tertiary/aromatic N) is 2. The van der Waals surface area contributed by atoms with E-state index in [1.807, 2.05) is 48.5 Å². The lowest BCUT2D eigenvalue weighted by Gasteiger charge is -2.08. The van der Waals surface area contributed by atoms with Gasteiger partial charge in [-0.3, -0.25) is 4.79 Å². The fourth-order valence-corrected chi connectivity index (χ4v) is 2.67. The Hall–Kier alpha value is -3.20. The Morgan fingerprint density at radius 3 is 2.26 bits per heavy atom. The van der Waals surface area contributed by atoms with Crippen molar-refractivity contribution in [3.8, 4) is 16.9 Å². The van der Waals surface area contributed by atoms with Gasteiger partial charge in [-0.05, 0) is 35.0 Å². The minimum atomic E-state index is -0.138. The third kappa shape index (κ3) is 2.53. The van der Waals surface area contributed by atoms with Gasteiger partial charge < -0.3 is 0 Å². The van der Waals surface area contributed by atoms with Gasteiger partial charge in [0.15, 0.2) is 0 Å². The fraction of sp³-hybridized carbons (Fsp3) is 0. The molecule has 0 atom stereocenters. The molecule has 0 radical (unpaired) electrons. The number of hydrogen-bond acceptors (Lipinski definition) is 2. The maximum atomic E-state index is 12.1. The number of para-hydroxylation sites is 1. The summed E-state index contributed by atoms with van der Waals surface area (Å²) in [5.41, 5.74) is 2.40. The molecule has 0 saturated heterocycles. The van der Waals surface area contributed by atoms with Crippen LogP contribution in [0.3, 0.4) is 0 Å². The molecule has 0 aliphatic carbocycles. The topological polar surface area (TPSA) is 34.9 Å². The molecule has 1 aromatic heterocycles. The normalized spacial score (nSPS) is 10.8. The van der Waals surface area contributed by atoms with Crippen molar-refractivity contribution >= 4 is 10.8 Å². The van der Waals surface area contributed by atoms with Gasteiger partial charge in [0.2, 0.25) is 0 Å². The monoisotopic (exact) mass is 298 g/mol. The first-order chi connectivity index (χ1) is 11.3. The van der Waals surface area contributed by atoms with E-state index < -0.39 is 0 Å². The molecule has 1 heterocycles. The quantitative estimate of drug-likeness (QED) is 0.559. The number of fused-ring (bicyclic) bond motifs is 1. The van der Waals surface area contributed by atoms with Crippen LogP contribution >= 0.6 is 0 Å². The summed E-state index contributed by atoms with van der Waals surface area (Å²) in [5.74, 6) is 0. The van der Waals surface area contributed by atoms with Crippen molar-refractivity contribution in [3.63, 3.8) is 0 Å². The van der Waals surface area contributed by atoms with Gasteiger partial charge in [0.25, 0.3) is 5.56 Å². The van der Waals surface area contributed by atoms with E-state index in [-0.39, 0.29) is 5.56 Å². The van der Waals surface area contributed by atoms with Crippen molar-refractivity contribution in [1.29, 1.82) is 0 Å². The number of aromatic nitrogens is 2. The van der Waals surface area contributed by atoms with Gasteiger partial charge in [0.1, 0.15) is 0 Å². The molecule has 0 amide bonds. The largest absolute Gasteiger partial charge is 0.271 e. The van der Waals surface area contributed by atoms with E-state index in [0.717, 1.165) is 22.3 Å². The van der Waals surface area contributed by atoms with Gasteiger partial charge in [-0.1, -0.05) is 54.6 Å². The third-order valence-electron chi connectivity index (χ3n) is 3.85. The minimum Gasteiger partial charge on any atom is -0.267 e. The van der Waals surface area contributed by atoms with Crippen LogP contribution in [0.1, 0.15) is 0 Å². The zero-order valence-corrected chi connectivity index (χ0v) is 12.4. The Labute approximate surface area is 133 Å². The van der Waals surface area contributed by atoms with E-state index in [0.29, 0.717) is 0 Å². The smallest absolute Gasteiger partial charge is 0.267 e. The fourth-order valence-electron chi connectivity index (χ4n) is 2.67. The van der Waals surface area contributed by atoms with Crippen molar-refractivity contribution in [2.45, 2.75) is 0 Å². The van der Waals surface area contributed by atoms with Crippen LogP contribution in [0.2, 0.25) is 0 Å². The highest BCUT2D eigenvalue weighted by molar-refractivity contribution is 5.86. The van der Waals surface area contributed by atoms with E-state index in [1.165, 1.54) is 10.1 Å². The summed E-state index contributed by atoms with van der Waals surface area (Å²) >= 11 is 0. The van der Waals surface area contributed by atoms with Gasteiger partial charge in [-0.2, -0.15) is 9.78 Å². The summed E-state index contributed by atoms with van der Waals surface area (Å²) < 4.78 is 1.44. The molecule has 23 heavy (non-hydrogen) atoms. The molecule has 3 aromatic carbocycles. The van der Waals surface area contributed by atoms with Gasteiger partial charge >= 0.3 is 0 Å². The SMILES string of the molecule is O=c1ccc(-c2ccc3ccccc3c2)nn1-c1ccccc1. The second-order valence-corrected chi connectivity index (χ2v) is 5.37. The van der Waals surface area contributed by atoms with Crippen molar-refractivity contribution < 1.29 is 0 Å². The second-order valence-electron chi connectivity index (χ2n) is 5.37. The van der Waals surface area contributed by atoms with Crippen LogP contribution in [0.25, 0.3) is 27.7 Å². The maximum Gasteiger partial charge on any atom is 0.271 e. The lowest BCUT2D eigenvalue weighted by Crippen LogP contribution is -2.20. The van der Waals surface area contributed by atoms with Crippen LogP contribution in [0.4, 0.5) is 0 Å². The van der Waals surface area contributed by atoms with Crippen molar-refractivity contribution in [2.75, 3.05) is 0 Å². The van der Waals surface area contributed by atoms with Crippen LogP contribution in [-0.4, -0.2) is 9.78 Å². The molecule has 0 bridgehead atoms. The molecular weight excluding hydrogens is 284 g/mol. The predicted molar refractivity (Wildman–Crippen MR) is 92.8 cm³/mol. The Morgan fingerprint density at radius 1 is 0.696 bits per heavy atom. The minimum absolute atomic E-state index is 0.138. The van der Waals surface area contributed by atoms with Crippen molar-refractivity contribution in [3.05, 3.63) is 95.3 Å². The van der Waals surface area contributed by atoms with Crippen LogP contribution in [0.15, 0.2) is 89.7 Å². The molecule has 0 aliphatic heterocycles. The summed E-state index contributed by atoms with van der Waals surface area (Å²) in [4.78, 5) is 12.1. The molecule has 0 spiro atoms. The Morgan fingerprint density at radius 2 is 1.43 bits per heavy atom. The summed E-state index contributed by atoms with van der Waals surface area (Å²) in [7, 11) is 0. The maximum absolute atomic E-state index is 12.1. The third-order valence-corrected chi connectivity index (χ3v) is 3.85. The summed E-state index contributed by atoms with van der Waals surface area (Å²) in [6.45, 7) is 0. The standard InChI is InChI=1S/C20H14N2O/c23-20-13-12-19(21-22(20)18-8-2-1-3-9-18)17-11-10-15-6-4-5-7-16(15)14-17/h1-14H. The van der Waals surface area contributed by atoms with Crippen LogP contribution < -0.4 is 5.56 Å². The van der Waals surface area contributed by atoms with E-state index in [9.17, 15) is 4.79 Å². The highest BCUT2D eigenvalue weighted by Crippen LogP contribution is 2.22. The molecule has 0 fully saturated rings. The highest BCUT2D eigenvalue weighted by atomic mass is 16.1. The first-order valence-corrected chi connectivity index (χ1v) is 7.46. The zero-order chi connectivity index (χ0) is 15.6. The molecule has 4 aromatic rings. The Balaban J connectivity index is 1.87. The lowest BCUT2D eigenvalue weighted by atomic mass is 10.1. The molecule has 110 valence electrons.